The summed E-state index contributed by atoms with van der Waals surface area (Å²) in [5, 5.41) is 19.4. The number of carbonyl (C=O) groups is 1. The van der Waals surface area contributed by atoms with Crippen molar-refractivity contribution in [2.24, 2.45) is 0 Å². The highest BCUT2D eigenvalue weighted by Gasteiger charge is 2.18. The van der Waals surface area contributed by atoms with Crippen molar-refractivity contribution < 1.29 is 23.8 Å². The van der Waals surface area contributed by atoms with Crippen molar-refractivity contribution in [1.29, 1.82) is 0 Å². The Hall–Kier alpha value is -2.44. The SMILES string of the molecule is COc1cc(/C=C(\Sc2nnc(-c3ccc(Cl)cc3)o2)C(=O)O)cc(I)c1OCc1ccc(Cl)cc1Cl. The first-order valence-corrected chi connectivity index (χ1v) is 13.4. The fourth-order valence-corrected chi connectivity index (χ4v) is 5.14. The Kier molecular flexibility index (Phi) is 9.25. The predicted octanol–water partition coefficient (Wildman–Crippen LogP) is 8.11. The van der Waals surface area contributed by atoms with Crippen LogP contribution in [-0.2, 0) is 11.4 Å². The lowest BCUT2D eigenvalue weighted by atomic mass is 10.2. The summed E-state index contributed by atoms with van der Waals surface area (Å²) >= 11 is 21.1. The molecule has 0 aliphatic carbocycles. The minimum Gasteiger partial charge on any atom is -0.493 e. The highest BCUT2D eigenvalue weighted by Crippen LogP contribution is 2.37. The molecule has 0 radical (unpaired) electrons. The van der Waals surface area contributed by atoms with Gasteiger partial charge in [0.2, 0.25) is 5.89 Å². The van der Waals surface area contributed by atoms with Gasteiger partial charge in [0.05, 0.1) is 10.7 Å². The van der Waals surface area contributed by atoms with Crippen LogP contribution in [0.3, 0.4) is 0 Å². The van der Waals surface area contributed by atoms with Gasteiger partial charge in [0.1, 0.15) is 11.5 Å². The van der Waals surface area contributed by atoms with Gasteiger partial charge in [-0.25, -0.2) is 4.79 Å². The molecule has 0 aliphatic heterocycles. The van der Waals surface area contributed by atoms with Gasteiger partial charge in [-0.05, 0) is 94.5 Å². The molecular formula is C25H16Cl3IN2O5S. The molecule has 4 rings (SSSR count). The predicted molar refractivity (Wildman–Crippen MR) is 153 cm³/mol. The van der Waals surface area contributed by atoms with Gasteiger partial charge in [0.25, 0.3) is 5.22 Å². The maximum Gasteiger partial charge on any atom is 0.342 e. The van der Waals surface area contributed by atoms with Gasteiger partial charge in [-0.1, -0.05) is 40.9 Å². The normalized spacial score (nSPS) is 11.4. The summed E-state index contributed by atoms with van der Waals surface area (Å²) in [6.07, 6.45) is 1.49. The second kappa shape index (κ2) is 12.4. The van der Waals surface area contributed by atoms with E-state index in [1.54, 1.807) is 54.6 Å². The number of rotatable bonds is 9. The van der Waals surface area contributed by atoms with Crippen LogP contribution in [0.5, 0.6) is 11.5 Å². The molecule has 1 heterocycles. The molecule has 7 nitrogen and oxygen atoms in total. The van der Waals surface area contributed by atoms with Crippen molar-refractivity contribution >= 4 is 81.2 Å². The van der Waals surface area contributed by atoms with Crippen LogP contribution in [0.15, 0.2) is 69.1 Å². The molecule has 3 aromatic carbocycles. The van der Waals surface area contributed by atoms with E-state index in [-0.39, 0.29) is 22.6 Å². The fourth-order valence-electron chi connectivity index (χ4n) is 3.09. The van der Waals surface area contributed by atoms with Crippen LogP contribution in [0, 0.1) is 3.57 Å². The van der Waals surface area contributed by atoms with Crippen molar-refractivity contribution in [3.8, 4) is 23.0 Å². The maximum atomic E-state index is 12.0. The molecule has 0 spiro atoms. The van der Waals surface area contributed by atoms with E-state index in [2.05, 4.69) is 32.8 Å². The zero-order valence-electron chi connectivity index (χ0n) is 18.9. The van der Waals surface area contributed by atoms with E-state index < -0.39 is 5.97 Å². The molecule has 0 atom stereocenters. The minimum atomic E-state index is -1.15. The molecule has 0 amide bonds. The molecule has 0 fully saturated rings. The van der Waals surface area contributed by atoms with Crippen molar-refractivity contribution in [2.75, 3.05) is 7.11 Å². The van der Waals surface area contributed by atoms with Crippen LogP contribution >= 0.6 is 69.2 Å². The Morgan fingerprint density at radius 3 is 2.49 bits per heavy atom. The number of halogens is 4. The summed E-state index contributed by atoms with van der Waals surface area (Å²) < 4.78 is 17.8. The van der Waals surface area contributed by atoms with E-state index in [1.807, 2.05) is 0 Å². The lowest BCUT2D eigenvalue weighted by molar-refractivity contribution is -0.131. The number of methoxy groups -OCH3 is 1. The van der Waals surface area contributed by atoms with Gasteiger partial charge < -0.3 is 19.0 Å². The second-order valence-corrected chi connectivity index (χ2v) is 10.8. The first kappa shape index (κ1) is 27.6. The number of nitrogens with zero attached hydrogens (tertiary/aromatic N) is 2. The average Bonchev–Trinajstić information content (AvgIpc) is 3.32. The topological polar surface area (TPSA) is 94.7 Å². The number of aliphatic carboxylic acids is 1. The molecular weight excluding hydrogens is 674 g/mol. The van der Waals surface area contributed by atoms with Gasteiger partial charge in [-0.3, -0.25) is 0 Å². The summed E-state index contributed by atoms with van der Waals surface area (Å²) in [7, 11) is 1.50. The standard InChI is InChI=1S/C25H16Cl3IN2O5S/c1-34-20-9-13(8-19(29)22(20)35-12-15-4-7-17(27)11-18(15)28)10-21(24(32)33)37-25-31-30-23(36-25)14-2-5-16(26)6-3-14/h2-11H,12H2,1H3,(H,32,33)/b21-10-. The average molecular weight is 690 g/mol. The van der Waals surface area contributed by atoms with E-state index in [0.29, 0.717) is 41.3 Å². The van der Waals surface area contributed by atoms with E-state index in [9.17, 15) is 9.90 Å². The number of hydrogen-bond acceptors (Lipinski definition) is 7. The van der Waals surface area contributed by atoms with Crippen molar-refractivity contribution in [3.63, 3.8) is 0 Å². The number of benzene rings is 3. The van der Waals surface area contributed by atoms with Crippen molar-refractivity contribution in [2.45, 2.75) is 11.8 Å². The number of ether oxygens (including phenoxy) is 2. The fraction of sp³-hybridized carbons (Fsp3) is 0.0800. The molecule has 0 aliphatic rings. The van der Waals surface area contributed by atoms with E-state index in [0.717, 1.165) is 17.3 Å². The molecule has 0 bridgehead atoms. The molecule has 0 saturated heterocycles. The van der Waals surface area contributed by atoms with Crippen molar-refractivity contribution in [1.82, 2.24) is 10.2 Å². The summed E-state index contributed by atoms with van der Waals surface area (Å²) in [4.78, 5) is 11.9. The van der Waals surface area contributed by atoms with E-state index >= 15 is 0 Å². The van der Waals surface area contributed by atoms with Gasteiger partial charge >= 0.3 is 5.97 Å². The third-order valence-electron chi connectivity index (χ3n) is 4.84. The molecule has 37 heavy (non-hydrogen) atoms. The van der Waals surface area contributed by atoms with Gasteiger partial charge in [0.15, 0.2) is 11.5 Å². The Labute approximate surface area is 244 Å². The van der Waals surface area contributed by atoms with Crippen LogP contribution in [0.2, 0.25) is 15.1 Å². The number of thioether (sulfide) groups is 1. The molecule has 1 aromatic heterocycles. The quantitative estimate of drug-likeness (QED) is 0.107. The first-order chi connectivity index (χ1) is 17.7. The summed E-state index contributed by atoms with van der Waals surface area (Å²) in [6, 6.07) is 15.5. The summed E-state index contributed by atoms with van der Waals surface area (Å²) in [5.74, 6) is 0.0337. The highest BCUT2D eigenvalue weighted by molar-refractivity contribution is 14.1. The number of carboxylic acids is 1. The summed E-state index contributed by atoms with van der Waals surface area (Å²) in [5.41, 5.74) is 2.01. The molecule has 12 heteroatoms. The summed E-state index contributed by atoms with van der Waals surface area (Å²) in [6.45, 7) is 0.195. The Balaban J connectivity index is 1.55. The largest absolute Gasteiger partial charge is 0.493 e. The van der Waals surface area contributed by atoms with Gasteiger partial charge in [0, 0.05) is 26.2 Å². The van der Waals surface area contributed by atoms with Crippen LogP contribution < -0.4 is 9.47 Å². The maximum absolute atomic E-state index is 12.0. The Morgan fingerprint density at radius 1 is 1.08 bits per heavy atom. The highest BCUT2D eigenvalue weighted by atomic mass is 127. The lowest BCUT2D eigenvalue weighted by Crippen LogP contribution is -2.01. The number of carboxylic acid groups (broad SMARTS) is 1. The van der Waals surface area contributed by atoms with Crippen molar-refractivity contribution in [3.05, 3.63) is 89.3 Å². The van der Waals surface area contributed by atoms with E-state index in [1.165, 1.54) is 13.2 Å². The van der Waals surface area contributed by atoms with Crippen LogP contribution in [0.1, 0.15) is 11.1 Å². The van der Waals surface area contributed by atoms with Crippen LogP contribution in [0.4, 0.5) is 0 Å². The lowest BCUT2D eigenvalue weighted by Gasteiger charge is -2.14. The Bertz CT molecular complexity index is 1480. The molecule has 0 unspecified atom stereocenters. The van der Waals surface area contributed by atoms with Gasteiger partial charge in [-0.2, -0.15) is 0 Å². The number of hydrogen-bond donors (Lipinski definition) is 1. The molecule has 1 N–H and O–H groups in total. The smallest absolute Gasteiger partial charge is 0.342 e. The van der Waals surface area contributed by atoms with Crippen LogP contribution in [-0.4, -0.2) is 28.4 Å². The monoisotopic (exact) mass is 688 g/mol. The minimum absolute atomic E-state index is 0.0224. The molecule has 4 aromatic rings. The van der Waals surface area contributed by atoms with E-state index in [4.69, 9.17) is 48.7 Å². The third-order valence-corrected chi connectivity index (χ3v) is 7.33. The van der Waals surface area contributed by atoms with Gasteiger partial charge in [-0.15, -0.1) is 10.2 Å². The zero-order valence-corrected chi connectivity index (χ0v) is 24.1. The second-order valence-electron chi connectivity index (χ2n) is 7.35. The first-order valence-electron chi connectivity index (χ1n) is 10.4. The number of aromatic nitrogens is 2. The molecule has 190 valence electrons. The molecule has 0 saturated carbocycles. The van der Waals surface area contributed by atoms with Crippen LogP contribution in [0.25, 0.3) is 17.5 Å². The third kappa shape index (κ3) is 7.11. The zero-order chi connectivity index (χ0) is 26.5. The Morgan fingerprint density at radius 2 is 1.81 bits per heavy atom.